The maximum Gasteiger partial charge on any atom is 0.332 e. The van der Waals surface area contributed by atoms with Crippen molar-refractivity contribution in [2.45, 2.75) is 25.3 Å². The van der Waals surface area contributed by atoms with Crippen molar-refractivity contribution in [2.24, 2.45) is 14.1 Å². The number of pyridine rings is 1. The Bertz CT molecular complexity index is 1210. The topological polar surface area (TPSA) is 77.2 Å². The number of amides is 1. The van der Waals surface area contributed by atoms with E-state index in [0.29, 0.717) is 28.8 Å². The zero-order valence-electron chi connectivity index (χ0n) is 16.3. The van der Waals surface area contributed by atoms with Gasteiger partial charge in [0.05, 0.1) is 17.1 Å². The molecule has 3 heterocycles. The fourth-order valence-corrected chi connectivity index (χ4v) is 3.89. The molecule has 3 aromatic rings. The monoisotopic (exact) mass is 396 g/mol. The van der Waals surface area contributed by atoms with E-state index in [-0.39, 0.29) is 11.9 Å². The first-order valence-electron chi connectivity index (χ1n) is 9.51. The molecule has 7 nitrogen and oxygen atoms in total. The van der Waals surface area contributed by atoms with Crippen LogP contribution in [0.2, 0.25) is 0 Å². The van der Waals surface area contributed by atoms with Gasteiger partial charge in [-0.05, 0) is 55.7 Å². The molecule has 1 fully saturated rings. The van der Waals surface area contributed by atoms with Crippen molar-refractivity contribution >= 4 is 16.9 Å². The van der Waals surface area contributed by atoms with E-state index in [2.05, 4.69) is 4.98 Å². The van der Waals surface area contributed by atoms with Crippen LogP contribution in [0.3, 0.4) is 0 Å². The van der Waals surface area contributed by atoms with Crippen molar-refractivity contribution in [3.8, 4) is 0 Å². The van der Waals surface area contributed by atoms with Gasteiger partial charge < -0.3 is 4.90 Å². The van der Waals surface area contributed by atoms with Gasteiger partial charge >= 0.3 is 5.69 Å². The normalized spacial score (nSPS) is 16.9. The summed E-state index contributed by atoms with van der Waals surface area (Å²) in [6, 6.07) is 8.63. The number of hydrogen-bond donors (Lipinski definition) is 0. The largest absolute Gasteiger partial charge is 0.332 e. The van der Waals surface area contributed by atoms with Gasteiger partial charge in [-0.2, -0.15) is 0 Å². The van der Waals surface area contributed by atoms with Crippen LogP contribution in [0.15, 0.2) is 46.0 Å². The van der Waals surface area contributed by atoms with Crippen molar-refractivity contribution in [3.05, 3.63) is 74.3 Å². The minimum Gasteiger partial charge on any atom is -0.330 e. The molecule has 1 aliphatic rings. The highest BCUT2D eigenvalue weighted by atomic mass is 19.1. The molecule has 1 amide bonds. The highest BCUT2D eigenvalue weighted by Gasteiger charge is 2.30. The Morgan fingerprint density at radius 1 is 1.03 bits per heavy atom. The summed E-state index contributed by atoms with van der Waals surface area (Å²) in [6.07, 6.45) is 2.54. The lowest BCUT2D eigenvalue weighted by atomic mass is 9.97. The number of rotatable bonds is 2. The van der Waals surface area contributed by atoms with Crippen LogP contribution >= 0.6 is 0 Å². The van der Waals surface area contributed by atoms with E-state index in [9.17, 15) is 18.8 Å². The van der Waals surface area contributed by atoms with Gasteiger partial charge in [0.15, 0.2) is 0 Å². The molecule has 0 saturated carbocycles. The van der Waals surface area contributed by atoms with Crippen molar-refractivity contribution < 1.29 is 9.18 Å². The van der Waals surface area contributed by atoms with Gasteiger partial charge in [0.1, 0.15) is 11.5 Å². The maximum absolute atomic E-state index is 13.2. The maximum atomic E-state index is 13.2. The predicted octanol–water partition coefficient (Wildman–Crippen LogP) is 2.14. The Morgan fingerprint density at radius 3 is 2.48 bits per heavy atom. The first-order chi connectivity index (χ1) is 13.9. The summed E-state index contributed by atoms with van der Waals surface area (Å²) in [4.78, 5) is 44.0. The lowest BCUT2D eigenvalue weighted by Gasteiger charge is -2.35. The molecule has 0 radical (unpaired) electrons. The van der Waals surface area contributed by atoms with Crippen LogP contribution in [0.5, 0.6) is 0 Å². The number of nitrogens with zero attached hydrogens (tertiary/aromatic N) is 4. The van der Waals surface area contributed by atoms with E-state index in [1.807, 2.05) is 0 Å². The smallest absolute Gasteiger partial charge is 0.330 e. The number of benzene rings is 1. The summed E-state index contributed by atoms with van der Waals surface area (Å²) in [6.45, 7) is 0.566. The molecular weight excluding hydrogens is 375 g/mol. The van der Waals surface area contributed by atoms with E-state index in [1.54, 1.807) is 24.1 Å². The van der Waals surface area contributed by atoms with E-state index >= 15 is 0 Å². The van der Waals surface area contributed by atoms with Gasteiger partial charge in [-0.1, -0.05) is 0 Å². The quantitative estimate of drug-likeness (QED) is 0.665. The third-order valence-electron chi connectivity index (χ3n) is 5.52. The average molecular weight is 396 g/mol. The second-order valence-electron chi connectivity index (χ2n) is 7.33. The van der Waals surface area contributed by atoms with Crippen LogP contribution in [-0.4, -0.2) is 31.5 Å². The van der Waals surface area contributed by atoms with Crippen LogP contribution in [0, 0.1) is 5.82 Å². The minimum absolute atomic E-state index is 0.186. The van der Waals surface area contributed by atoms with Crippen molar-refractivity contribution in [1.29, 1.82) is 0 Å². The van der Waals surface area contributed by atoms with Gasteiger partial charge in [-0.25, -0.2) is 14.2 Å². The van der Waals surface area contributed by atoms with E-state index in [4.69, 9.17) is 0 Å². The van der Waals surface area contributed by atoms with E-state index in [0.717, 1.165) is 23.8 Å². The Balaban J connectivity index is 1.78. The average Bonchev–Trinajstić information content (AvgIpc) is 2.76. The molecule has 150 valence electrons. The molecule has 29 heavy (non-hydrogen) atoms. The van der Waals surface area contributed by atoms with E-state index in [1.165, 1.54) is 35.9 Å². The van der Waals surface area contributed by atoms with Crippen LogP contribution in [0.25, 0.3) is 11.0 Å². The molecule has 8 heteroatoms. The molecule has 0 bridgehead atoms. The third-order valence-corrected chi connectivity index (χ3v) is 5.52. The number of fused-ring (bicyclic) bond motifs is 1. The summed E-state index contributed by atoms with van der Waals surface area (Å²) < 4.78 is 15.6. The summed E-state index contributed by atoms with van der Waals surface area (Å²) in [5.41, 5.74) is 0.506. The van der Waals surface area contributed by atoms with Crippen LogP contribution in [0.4, 0.5) is 4.39 Å². The summed E-state index contributed by atoms with van der Waals surface area (Å²) in [5, 5.41) is 0.352. The molecule has 0 spiro atoms. The van der Waals surface area contributed by atoms with Gasteiger partial charge in [0.2, 0.25) is 0 Å². The Morgan fingerprint density at radius 2 is 1.76 bits per heavy atom. The zero-order chi connectivity index (χ0) is 20.7. The molecular formula is C21H21FN4O3. The van der Waals surface area contributed by atoms with Gasteiger partial charge in [-0.3, -0.25) is 18.7 Å². The predicted molar refractivity (Wildman–Crippen MR) is 106 cm³/mol. The lowest BCUT2D eigenvalue weighted by molar-refractivity contribution is 0.0606. The van der Waals surface area contributed by atoms with Crippen LogP contribution < -0.4 is 11.2 Å². The molecule has 0 aliphatic carbocycles. The van der Waals surface area contributed by atoms with Crippen LogP contribution in [0.1, 0.15) is 41.4 Å². The number of aryl methyl sites for hydroxylation is 1. The zero-order valence-corrected chi connectivity index (χ0v) is 16.3. The number of halogens is 1. The Labute approximate surface area is 166 Å². The highest BCUT2D eigenvalue weighted by Crippen LogP contribution is 2.31. The summed E-state index contributed by atoms with van der Waals surface area (Å²) in [5.74, 6) is -0.579. The molecule has 2 aromatic heterocycles. The fraction of sp³-hybridized carbons (Fsp3) is 0.333. The number of hydrogen-bond acceptors (Lipinski definition) is 4. The summed E-state index contributed by atoms with van der Waals surface area (Å²) >= 11 is 0. The second-order valence-corrected chi connectivity index (χ2v) is 7.33. The number of carbonyl (C=O) groups excluding carboxylic acids is 1. The van der Waals surface area contributed by atoms with Gasteiger partial charge in [0.25, 0.3) is 11.5 Å². The molecule has 1 aromatic carbocycles. The standard InChI is InChI=1S/C21H21FN4O3/c1-24-18-15(20(28)25(2)21(24)29)10-11-16(23-18)17-5-3-4-12-26(17)19(27)13-6-8-14(22)9-7-13/h6-11,17H,3-5,12H2,1-2H3. The molecule has 1 saturated heterocycles. The number of likely N-dealkylation sites (tertiary alicyclic amines) is 1. The fourth-order valence-electron chi connectivity index (χ4n) is 3.89. The number of piperidine rings is 1. The van der Waals surface area contributed by atoms with E-state index < -0.39 is 17.1 Å². The number of aromatic nitrogens is 3. The van der Waals surface area contributed by atoms with Gasteiger partial charge in [-0.15, -0.1) is 0 Å². The second kappa shape index (κ2) is 7.27. The SMILES string of the molecule is Cn1c(=O)c2ccc(C3CCCCN3C(=O)c3ccc(F)cc3)nc2n(C)c1=O. The molecule has 0 N–H and O–H groups in total. The third kappa shape index (κ3) is 3.24. The minimum atomic E-state index is -0.449. The van der Waals surface area contributed by atoms with Crippen molar-refractivity contribution in [3.63, 3.8) is 0 Å². The Hall–Kier alpha value is -3.29. The Kier molecular flexibility index (Phi) is 4.77. The first-order valence-corrected chi connectivity index (χ1v) is 9.51. The van der Waals surface area contributed by atoms with Gasteiger partial charge in [0, 0.05) is 26.2 Å². The molecule has 4 rings (SSSR count). The molecule has 1 aliphatic heterocycles. The molecule has 1 atom stereocenters. The van der Waals surface area contributed by atoms with Crippen molar-refractivity contribution in [1.82, 2.24) is 19.0 Å². The van der Waals surface area contributed by atoms with Crippen LogP contribution in [-0.2, 0) is 14.1 Å². The lowest BCUT2D eigenvalue weighted by Crippen LogP contribution is -2.40. The first kappa shape index (κ1) is 19.0. The highest BCUT2D eigenvalue weighted by molar-refractivity contribution is 5.94. The summed E-state index contributed by atoms with van der Waals surface area (Å²) in [7, 11) is 3.01. The number of carbonyl (C=O) groups is 1. The molecule has 1 unspecified atom stereocenters. The van der Waals surface area contributed by atoms with Crippen molar-refractivity contribution in [2.75, 3.05) is 6.54 Å².